The summed E-state index contributed by atoms with van der Waals surface area (Å²) in [7, 11) is 0. The quantitative estimate of drug-likeness (QED) is 0.736. The lowest BCUT2D eigenvalue weighted by Crippen LogP contribution is -2.38. The molecule has 3 rings (SSSR count). The number of aryl methyl sites for hydroxylation is 1. The highest BCUT2D eigenvalue weighted by Crippen LogP contribution is 2.32. The smallest absolute Gasteiger partial charge is 0.263 e. The third-order valence-electron chi connectivity index (χ3n) is 4.58. The van der Waals surface area contributed by atoms with Crippen molar-refractivity contribution < 1.29 is 9.59 Å². The Kier molecular flexibility index (Phi) is 4.69. The fraction of sp³-hybridized carbons (Fsp3) is 0.389. The minimum atomic E-state index is -0.228. The van der Waals surface area contributed by atoms with Crippen molar-refractivity contribution in [2.45, 2.75) is 20.8 Å². The minimum Gasteiger partial charge on any atom is -0.302 e. The van der Waals surface area contributed by atoms with E-state index in [-0.39, 0.29) is 11.8 Å². The zero-order valence-corrected chi connectivity index (χ0v) is 15.7. The predicted molar refractivity (Wildman–Crippen MR) is 97.3 cm³/mol. The van der Waals surface area contributed by atoms with Gasteiger partial charge in [-0.1, -0.05) is 29.8 Å². The van der Waals surface area contributed by atoms with Gasteiger partial charge in [-0.05, 0) is 38.2 Å². The second-order valence-corrected chi connectivity index (χ2v) is 6.81. The van der Waals surface area contributed by atoms with Gasteiger partial charge in [0, 0.05) is 22.9 Å². The number of likely N-dealkylation sites (N-methyl/N-ethyl adjacent to an activating group) is 1. The van der Waals surface area contributed by atoms with Crippen LogP contribution in [0.1, 0.15) is 40.3 Å². The summed E-state index contributed by atoms with van der Waals surface area (Å²) < 4.78 is 0.865. The maximum Gasteiger partial charge on any atom is 0.263 e. The molecule has 24 heavy (non-hydrogen) atoms. The molecular weight excluding hydrogens is 370 g/mol. The molecule has 0 N–H and O–H groups in total. The summed E-state index contributed by atoms with van der Waals surface area (Å²) in [5.41, 5.74) is 2.29. The van der Waals surface area contributed by atoms with E-state index in [4.69, 9.17) is 0 Å². The lowest BCUT2D eigenvalue weighted by Gasteiger charge is -2.21. The van der Waals surface area contributed by atoms with Crippen LogP contribution in [0.2, 0.25) is 0 Å². The summed E-state index contributed by atoms with van der Waals surface area (Å²) in [6.07, 6.45) is 0. The van der Waals surface area contributed by atoms with Crippen LogP contribution in [0.4, 0.5) is 0 Å². The van der Waals surface area contributed by atoms with E-state index >= 15 is 0 Å². The topological polar surface area (TPSA) is 53.5 Å². The van der Waals surface area contributed by atoms with E-state index in [1.165, 1.54) is 4.90 Å². The Morgan fingerprint density at radius 2 is 1.79 bits per heavy atom. The normalized spacial score (nSPS) is 14.1. The average Bonchev–Trinajstić information content (AvgIpc) is 2.82. The summed E-state index contributed by atoms with van der Waals surface area (Å²) >= 11 is 3.43. The van der Waals surface area contributed by atoms with Crippen LogP contribution in [0.3, 0.4) is 0 Å². The number of fused-ring (bicyclic) bond motifs is 3. The molecule has 2 amide bonds. The molecule has 2 aromatic rings. The fourth-order valence-corrected chi connectivity index (χ4v) is 3.55. The number of amides is 2. The van der Waals surface area contributed by atoms with Crippen molar-refractivity contribution in [2.24, 2.45) is 0 Å². The standard InChI is InChI=1S/C18H20BrN3O2/c1-4-21(5-2)8-9-22-17(23)15-11(3)20-14-7-6-12(19)10-13(14)16(15)18(22)24/h6-7,10H,4-5,8-9H2,1-3H3. The van der Waals surface area contributed by atoms with Crippen molar-refractivity contribution in [3.63, 3.8) is 0 Å². The van der Waals surface area contributed by atoms with Gasteiger partial charge in [-0.15, -0.1) is 0 Å². The number of pyridine rings is 1. The van der Waals surface area contributed by atoms with Gasteiger partial charge >= 0.3 is 0 Å². The third kappa shape index (κ3) is 2.74. The Labute approximate surface area is 149 Å². The molecule has 1 aromatic carbocycles. The van der Waals surface area contributed by atoms with Gasteiger partial charge in [-0.25, -0.2) is 0 Å². The zero-order chi connectivity index (χ0) is 17.4. The Balaban J connectivity index is 2.03. The van der Waals surface area contributed by atoms with E-state index in [1.54, 1.807) is 6.92 Å². The number of aromatic nitrogens is 1. The predicted octanol–water partition coefficient (Wildman–Crippen LogP) is 3.24. The molecular formula is C18H20BrN3O2. The number of halogens is 1. The van der Waals surface area contributed by atoms with E-state index in [2.05, 4.69) is 39.7 Å². The SMILES string of the molecule is CCN(CC)CCN1C(=O)c2c(C)nc3ccc(Br)cc3c2C1=O. The van der Waals surface area contributed by atoms with Gasteiger partial charge < -0.3 is 4.90 Å². The van der Waals surface area contributed by atoms with Gasteiger partial charge in [-0.2, -0.15) is 0 Å². The average molecular weight is 390 g/mol. The number of carbonyl (C=O) groups excluding carboxylic acids is 2. The molecule has 0 radical (unpaired) electrons. The number of nitrogens with zero attached hydrogens (tertiary/aromatic N) is 3. The van der Waals surface area contributed by atoms with Gasteiger partial charge in [-0.3, -0.25) is 19.5 Å². The summed E-state index contributed by atoms with van der Waals surface area (Å²) in [5, 5.41) is 0.730. The van der Waals surface area contributed by atoms with E-state index in [0.29, 0.717) is 29.9 Å². The Morgan fingerprint density at radius 3 is 2.46 bits per heavy atom. The van der Waals surface area contributed by atoms with Crippen LogP contribution in [-0.2, 0) is 0 Å². The van der Waals surface area contributed by atoms with Crippen LogP contribution in [-0.4, -0.2) is 52.8 Å². The molecule has 1 aromatic heterocycles. The lowest BCUT2D eigenvalue weighted by atomic mass is 10.0. The van der Waals surface area contributed by atoms with Crippen LogP contribution >= 0.6 is 15.9 Å². The first kappa shape index (κ1) is 17.0. The van der Waals surface area contributed by atoms with Gasteiger partial charge in [0.2, 0.25) is 0 Å². The highest BCUT2D eigenvalue weighted by atomic mass is 79.9. The van der Waals surface area contributed by atoms with Gasteiger partial charge in [0.1, 0.15) is 0 Å². The van der Waals surface area contributed by atoms with E-state index in [0.717, 1.165) is 28.5 Å². The highest BCUT2D eigenvalue weighted by molar-refractivity contribution is 9.10. The Morgan fingerprint density at radius 1 is 1.12 bits per heavy atom. The van der Waals surface area contributed by atoms with Crippen molar-refractivity contribution in [2.75, 3.05) is 26.2 Å². The number of hydrogen-bond acceptors (Lipinski definition) is 4. The molecule has 1 aliphatic heterocycles. The second-order valence-electron chi connectivity index (χ2n) is 5.90. The first-order valence-electron chi connectivity index (χ1n) is 8.16. The molecule has 0 saturated heterocycles. The molecule has 5 nitrogen and oxygen atoms in total. The highest BCUT2D eigenvalue weighted by Gasteiger charge is 2.38. The van der Waals surface area contributed by atoms with Crippen LogP contribution < -0.4 is 0 Å². The number of imide groups is 1. The van der Waals surface area contributed by atoms with Crippen molar-refractivity contribution >= 4 is 38.6 Å². The summed E-state index contributed by atoms with van der Waals surface area (Å²) in [6, 6.07) is 5.61. The van der Waals surface area contributed by atoms with Crippen LogP contribution in [0.15, 0.2) is 22.7 Å². The van der Waals surface area contributed by atoms with Crippen molar-refractivity contribution in [3.8, 4) is 0 Å². The molecule has 6 heteroatoms. The van der Waals surface area contributed by atoms with Gasteiger partial charge in [0.15, 0.2) is 0 Å². The minimum absolute atomic E-state index is 0.212. The molecule has 0 spiro atoms. The maximum atomic E-state index is 12.9. The van der Waals surface area contributed by atoms with Crippen molar-refractivity contribution in [1.29, 1.82) is 0 Å². The maximum absolute atomic E-state index is 12.9. The Bertz CT molecular complexity index is 831. The monoisotopic (exact) mass is 389 g/mol. The largest absolute Gasteiger partial charge is 0.302 e. The lowest BCUT2D eigenvalue weighted by molar-refractivity contribution is 0.0638. The first-order valence-corrected chi connectivity index (χ1v) is 8.95. The van der Waals surface area contributed by atoms with E-state index in [1.807, 2.05) is 18.2 Å². The van der Waals surface area contributed by atoms with Crippen molar-refractivity contribution in [3.05, 3.63) is 39.5 Å². The van der Waals surface area contributed by atoms with E-state index < -0.39 is 0 Å². The number of rotatable bonds is 5. The molecule has 0 atom stereocenters. The summed E-state index contributed by atoms with van der Waals surface area (Å²) in [5.74, 6) is -0.440. The molecule has 1 aliphatic rings. The Hall–Kier alpha value is -1.79. The molecule has 0 saturated carbocycles. The van der Waals surface area contributed by atoms with Gasteiger partial charge in [0.25, 0.3) is 11.8 Å². The summed E-state index contributed by atoms with van der Waals surface area (Å²) in [6.45, 7) is 8.83. The molecule has 2 heterocycles. The molecule has 126 valence electrons. The number of carbonyl (C=O) groups is 2. The molecule has 0 unspecified atom stereocenters. The molecule has 0 fully saturated rings. The van der Waals surface area contributed by atoms with Crippen molar-refractivity contribution in [1.82, 2.24) is 14.8 Å². The molecule has 0 bridgehead atoms. The fourth-order valence-electron chi connectivity index (χ4n) is 3.19. The van der Waals surface area contributed by atoms with Crippen LogP contribution in [0, 0.1) is 6.92 Å². The second kappa shape index (κ2) is 6.61. The van der Waals surface area contributed by atoms with Crippen LogP contribution in [0.25, 0.3) is 10.9 Å². The first-order chi connectivity index (χ1) is 11.5. The van der Waals surface area contributed by atoms with E-state index in [9.17, 15) is 9.59 Å². The number of benzene rings is 1. The number of hydrogen-bond donors (Lipinski definition) is 0. The summed E-state index contributed by atoms with van der Waals surface area (Å²) in [4.78, 5) is 33.8. The van der Waals surface area contributed by atoms with Crippen LogP contribution in [0.5, 0.6) is 0 Å². The molecule has 0 aliphatic carbocycles. The third-order valence-corrected chi connectivity index (χ3v) is 5.07. The van der Waals surface area contributed by atoms with Gasteiger partial charge in [0.05, 0.1) is 22.3 Å². The zero-order valence-electron chi connectivity index (χ0n) is 14.1.